The summed E-state index contributed by atoms with van der Waals surface area (Å²) in [7, 11) is 1.55. The van der Waals surface area contributed by atoms with Crippen molar-refractivity contribution < 1.29 is 9.53 Å². The van der Waals surface area contributed by atoms with Crippen molar-refractivity contribution in [3.63, 3.8) is 0 Å². The highest BCUT2D eigenvalue weighted by atomic mass is 79.9. The number of methoxy groups -OCH3 is 1. The van der Waals surface area contributed by atoms with E-state index in [0.29, 0.717) is 17.1 Å². The minimum atomic E-state index is -0.167. The highest BCUT2D eigenvalue weighted by Crippen LogP contribution is 2.22. The van der Waals surface area contributed by atoms with Crippen LogP contribution in [0.1, 0.15) is 10.4 Å². The number of hydrogen-bond acceptors (Lipinski definition) is 4. The molecule has 0 spiro atoms. The maximum absolute atomic E-state index is 12.3. The third kappa shape index (κ3) is 3.60. The average Bonchev–Trinajstić information content (AvgIpc) is 2.63. The number of anilines is 1. The number of rotatable bonds is 4. The summed E-state index contributed by atoms with van der Waals surface area (Å²) in [4.78, 5) is 12.3. The molecule has 0 atom stereocenters. The molecule has 3 aromatic rings. The molecule has 0 fully saturated rings. The first kappa shape index (κ1) is 16.1. The minimum absolute atomic E-state index is 0.167. The van der Waals surface area contributed by atoms with Crippen LogP contribution in [-0.2, 0) is 0 Å². The molecule has 0 saturated carbocycles. The third-order valence-corrected chi connectivity index (χ3v) is 4.10. The number of benzene rings is 2. The molecule has 5 nitrogen and oxygen atoms in total. The quantitative estimate of drug-likeness (QED) is 0.734. The minimum Gasteiger partial charge on any atom is -0.480 e. The lowest BCUT2D eigenvalue weighted by Gasteiger charge is -2.08. The van der Waals surface area contributed by atoms with Crippen molar-refractivity contribution in [1.29, 1.82) is 0 Å². The molecule has 1 aromatic heterocycles. The largest absolute Gasteiger partial charge is 0.480 e. The van der Waals surface area contributed by atoms with Gasteiger partial charge in [-0.1, -0.05) is 24.3 Å². The Bertz CT molecular complexity index is 849. The number of carbonyl (C=O) groups excluding carboxylic acids is 1. The molecule has 1 heterocycles. The molecular formula is C18H14BrN3O2. The van der Waals surface area contributed by atoms with Gasteiger partial charge in [0.25, 0.3) is 5.91 Å². The summed E-state index contributed by atoms with van der Waals surface area (Å²) in [5.41, 5.74) is 2.94. The van der Waals surface area contributed by atoms with Crippen LogP contribution in [0.25, 0.3) is 11.3 Å². The van der Waals surface area contributed by atoms with Crippen LogP contribution < -0.4 is 10.1 Å². The van der Waals surface area contributed by atoms with E-state index in [2.05, 4.69) is 31.4 Å². The van der Waals surface area contributed by atoms with Crippen LogP contribution in [0.5, 0.6) is 5.88 Å². The van der Waals surface area contributed by atoms with Gasteiger partial charge in [-0.05, 0) is 46.3 Å². The van der Waals surface area contributed by atoms with Gasteiger partial charge in [0.15, 0.2) is 0 Å². The smallest absolute Gasteiger partial charge is 0.256 e. The lowest BCUT2D eigenvalue weighted by Crippen LogP contribution is -2.12. The number of amides is 1. The highest BCUT2D eigenvalue weighted by Gasteiger charge is 2.09. The standard InChI is InChI=1S/C18H14BrN3O2/c1-24-17-11-10-16(21-22-17)12-6-8-13(9-7-12)20-18(23)14-4-2-3-5-15(14)19/h2-11H,1H3,(H,20,23). The Morgan fingerprint density at radius 1 is 1.00 bits per heavy atom. The second-order valence-corrected chi connectivity index (χ2v) is 5.83. The number of nitrogens with one attached hydrogen (secondary N) is 1. The Morgan fingerprint density at radius 3 is 2.38 bits per heavy atom. The fourth-order valence-electron chi connectivity index (χ4n) is 2.15. The zero-order chi connectivity index (χ0) is 16.9. The molecule has 3 rings (SSSR count). The molecule has 0 saturated heterocycles. The Labute approximate surface area is 147 Å². The van der Waals surface area contributed by atoms with Gasteiger partial charge in [-0.15, -0.1) is 10.2 Å². The zero-order valence-electron chi connectivity index (χ0n) is 12.9. The monoisotopic (exact) mass is 383 g/mol. The number of carbonyl (C=O) groups is 1. The van der Waals surface area contributed by atoms with Crippen LogP contribution in [0.4, 0.5) is 5.69 Å². The summed E-state index contributed by atoms with van der Waals surface area (Å²) in [5.74, 6) is 0.301. The number of nitrogens with zero attached hydrogens (tertiary/aromatic N) is 2. The third-order valence-electron chi connectivity index (χ3n) is 3.41. The molecule has 1 N–H and O–H groups in total. The van der Waals surface area contributed by atoms with E-state index in [1.165, 1.54) is 0 Å². The van der Waals surface area contributed by atoms with Gasteiger partial charge in [0.05, 0.1) is 18.4 Å². The number of hydrogen-bond donors (Lipinski definition) is 1. The van der Waals surface area contributed by atoms with Gasteiger partial charge in [0, 0.05) is 21.8 Å². The molecule has 0 aliphatic carbocycles. The summed E-state index contributed by atoms with van der Waals surface area (Å²) in [6, 6.07) is 18.3. The predicted molar refractivity (Wildman–Crippen MR) is 96.1 cm³/mol. The van der Waals surface area contributed by atoms with E-state index < -0.39 is 0 Å². The van der Waals surface area contributed by atoms with Crippen molar-refractivity contribution >= 4 is 27.5 Å². The van der Waals surface area contributed by atoms with Gasteiger partial charge in [-0.25, -0.2) is 0 Å². The van der Waals surface area contributed by atoms with Crippen LogP contribution >= 0.6 is 15.9 Å². The number of halogens is 1. The molecule has 0 bridgehead atoms. The molecule has 0 aliphatic heterocycles. The van der Waals surface area contributed by atoms with Gasteiger partial charge >= 0.3 is 0 Å². The summed E-state index contributed by atoms with van der Waals surface area (Å²) < 4.78 is 5.75. The molecule has 6 heteroatoms. The highest BCUT2D eigenvalue weighted by molar-refractivity contribution is 9.10. The van der Waals surface area contributed by atoms with Crippen LogP contribution in [0.3, 0.4) is 0 Å². The maximum Gasteiger partial charge on any atom is 0.256 e. The first-order valence-corrected chi connectivity index (χ1v) is 8.01. The topological polar surface area (TPSA) is 64.1 Å². The summed E-state index contributed by atoms with van der Waals surface area (Å²) in [6.45, 7) is 0. The Hall–Kier alpha value is -2.73. The fourth-order valence-corrected chi connectivity index (χ4v) is 2.62. The van der Waals surface area contributed by atoms with Crippen molar-refractivity contribution in [2.24, 2.45) is 0 Å². The van der Waals surface area contributed by atoms with Crippen LogP contribution in [0.15, 0.2) is 65.1 Å². The average molecular weight is 384 g/mol. The van der Waals surface area contributed by atoms with Crippen molar-refractivity contribution in [1.82, 2.24) is 10.2 Å². The van der Waals surface area contributed by atoms with Gasteiger partial charge in [0.2, 0.25) is 5.88 Å². The fraction of sp³-hybridized carbons (Fsp3) is 0.0556. The Kier molecular flexibility index (Phi) is 4.86. The molecule has 0 aliphatic rings. The zero-order valence-corrected chi connectivity index (χ0v) is 14.4. The van der Waals surface area contributed by atoms with Crippen molar-refractivity contribution in [2.75, 3.05) is 12.4 Å². The molecule has 2 aromatic carbocycles. The SMILES string of the molecule is COc1ccc(-c2ccc(NC(=O)c3ccccc3Br)cc2)nn1. The molecule has 24 heavy (non-hydrogen) atoms. The predicted octanol–water partition coefficient (Wildman–Crippen LogP) is 4.17. The molecular weight excluding hydrogens is 370 g/mol. The maximum atomic E-state index is 12.3. The van der Waals surface area contributed by atoms with E-state index in [9.17, 15) is 4.79 Å². The first-order valence-electron chi connectivity index (χ1n) is 7.21. The second-order valence-electron chi connectivity index (χ2n) is 4.97. The number of ether oxygens (including phenoxy) is 1. The van der Waals surface area contributed by atoms with E-state index in [0.717, 1.165) is 15.7 Å². The number of aromatic nitrogens is 2. The van der Waals surface area contributed by atoms with E-state index in [4.69, 9.17) is 4.74 Å². The second kappa shape index (κ2) is 7.23. The van der Waals surface area contributed by atoms with Gasteiger partial charge in [-0.2, -0.15) is 0 Å². The van der Waals surface area contributed by atoms with Gasteiger partial charge in [0.1, 0.15) is 0 Å². The molecule has 0 unspecified atom stereocenters. The lowest BCUT2D eigenvalue weighted by molar-refractivity contribution is 0.102. The normalized spacial score (nSPS) is 10.2. The van der Waals surface area contributed by atoms with E-state index in [1.807, 2.05) is 48.5 Å². The van der Waals surface area contributed by atoms with Crippen LogP contribution in [0.2, 0.25) is 0 Å². The van der Waals surface area contributed by atoms with E-state index in [-0.39, 0.29) is 5.91 Å². The molecule has 1 amide bonds. The molecule has 0 radical (unpaired) electrons. The lowest BCUT2D eigenvalue weighted by atomic mass is 10.1. The summed E-state index contributed by atoms with van der Waals surface area (Å²) >= 11 is 3.38. The van der Waals surface area contributed by atoms with Crippen molar-refractivity contribution in [3.8, 4) is 17.1 Å². The van der Waals surface area contributed by atoms with E-state index >= 15 is 0 Å². The van der Waals surface area contributed by atoms with E-state index in [1.54, 1.807) is 19.2 Å². The Balaban J connectivity index is 1.74. The van der Waals surface area contributed by atoms with Crippen LogP contribution in [-0.4, -0.2) is 23.2 Å². The van der Waals surface area contributed by atoms with Crippen LogP contribution in [0, 0.1) is 0 Å². The molecule has 120 valence electrons. The van der Waals surface area contributed by atoms with Crippen molar-refractivity contribution in [2.45, 2.75) is 0 Å². The van der Waals surface area contributed by atoms with Gasteiger partial charge < -0.3 is 10.1 Å². The van der Waals surface area contributed by atoms with Crippen molar-refractivity contribution in [3.05, 3.63) is 70.7 Å². The summed E-state index contributed by atoms with van der Waals surface area (Å²) in [5, 5.41) is 10.9. The first-order chi connectivity index (χ1) is 11.7. The van der Waals surface area contributed by atoms with Gasteiger partial charge in [-0.3, -0.25) is 4.79 Å². The summed E-state index contributed by atoms with van der Waals surface area (Å²) in [6.07, 6.45) is 0. The Morgan fingerprint density at radius 2 is 1.75 bits per heavy atom.